The topological polar surface area (TPSA) is 173 Å². The lowest BCUT2D eigenvalue weighted by molar-refractivity contribution is -0.116. The molecule has 12 heteroatoms. The molecule has 2 aromatic carbocycles. The lowest BCUT2D eigenvalue weighted by Crippen LogP contribution is -2.37. The number of anilines is 1. The largest absolute Gasteiger partial charge is 0.412 e. The first kappa shape index (κ1) is 28.1. The highest BCUT2D eigenvalue weighted by Crippen LogP contribution is 2.26. The van der Waals surface area contributed by atoms with Crippen LogP contribution in [0.4, 0.5) is 5.69 Å². The van der Waals surface area contributed by atoms with Gasteiger partial charge in [0.2, 0.25) is 5.91 Å². The minimum Gasteiger partial charge on any atom is -0.412 e. The lowest BCUT2D eigenvalue weighted by atomic mass is 10.0. The fraction of sp³-hybridized carbons (Fsp3) is 0.348. The monoisotopic (exact) mass is 506 g/mol. The van der Waals surface area contributed by atoms with Crippen LogP contribution in [0, 0.1) is 0 Å². The Morgan fingerprint density at radius 2 is 1.80 bits per heavy atom. The number of hydrogen-bond donors (Lipinski definition) is 3. The molecule has 11 nitrogen and oxygen atoms in total. The van der Waals surface area contributed by atoms with Gasteiger partial charge in [-0.1, -0.05) is 30.3 Å². The highest BCUT2D eigenvalue weighted by atomic mass is 32.2. The van der Waals surface area contributed by atoms with Crippen LogP contribution in [0.3, 0.4) is 0 Å². The Bertz CT molecular complexity index is 1280. The van der Waals surface area contributed by atoms with Crippen LogP contribution in [0.1, 0.15) is 12.8 Å². The lowest BCUT2D eigenvalue weighted by Gasteiger charge is -2.26. The number of carbonyl (C=O) groups is 1. The molecule has 1 saturated heterocycles. The summed E-state index contributed by atoms with van der Waals surface area (Å²) in [6.45, 7) is 4.32. The molecular formula is C23H30N4O7S. The number of rotatable bonds is 6. The van der Waals surface area contributed by atoms with Crippen molar-refractivity contribution in [2.75, 3.05) is 44.4 Å². The van der Waals surface area contributed by atoms with E-state index in [1.807, 2.05) is 42.5 Å². The maximum absolute atomic E-state index is 12.3. The number of benzene rings is 2. The van der Waals surface area contributed by atoms with Crippen molar-refractivity contribution in [3.63, 3.8) is 0 Å². The first-order valence-electron chi connectivity index (χ1n) is 10.8. The predicted octanol–water partition coefficient (Wildman–Crippen LogP) is 1.32. The molecule has 0 bridgehead atoms. The van der Waals surface area contributed by atoms with Crippen molar-refractivity contribution < 1.29 is 28.0 Å². The molecule has 4 rings (SSSR count). The van der Waals surface area contributed by atoms with Crippen molar-refractivity contribution in [3.05, 3.63) is 58.9 Å². The second kappa shape index (κ2) is 13.1. The molecule has 1 aromatic heterocycles. The van der Waals surface area contributed by atoms with Crippen LogP contribution in [0.25, 0.3) is 22.0 Å². The first-order chi connectivity index (χ1) is 16.2. The third-order valence-corrected chi connectivity index (χ3v) is 5.10. The molecule has 0 atom stereocenters. The number of nitrogens with zero attached hydrogens (tertiary/aromatic N) is 2. The van der Waals surface area contributed by atoms with Crippen molar-refractivity contribution in [1.82, 2.24) is 15.1 Å². The molecular weight excluding hydrogens is 476 g/mol. The van der Waals surface area contributed by atoms with Crippen LogP contribution in [-0.4, -0.2) is 78.6 Å². The van der Waals surface area contributed by atoms with Gasteiger partial charge in [-0.3, -0.25) is 19.0 Å². The Hall–Kier alpha value is -3.16. The molecule has 1 aliphatic heterocycles. The van der Waals surface area contributed by atoms with Crippen LogP contribution < -0.4 is 10.9 Å². The second-order valence-electron chi connectivity index (χ2n) is 7.87. The maximum atomic E-state index is 12.3. The fourth-order valence-electron chi connectivity index (χ4n) is 3.59. The van der Waals surface area contributed by atoms with E-state index in [-0.39, 0.29) is 16.9 Å². The molecule has 1 fully saturated rings. The Labute approximate surface area is 203 Å². The van der Waals surface area contributed by atoms with Crippen LogP contribution in [-0.2, 0) is 19.6 Å². The zero-order valence-corrected chi connectivity index (χ0v) is 20.2. The standard InChI is InChI=1S/C22H24N4O3.CH4O3S.H2O/c27-20(9-4-10-26-11-13-29-14-12-26)23-17-6-3-5-16(15-17)21-18-7-1-2-8-19(18)22(28)25-24-21;1-5(2,3)4;/h1-3,5-8,15H,4,9-14H2,(H,23,27)(H,25,28);1H3,(H,2,3,4);1H2. The van der Waals surface area contributed by atoms with Gasteiger partial charge in [0.1, 0.15) is 0 Å². The van der Waals surface area contributed by atoms with Crippen LogP contribution >= 0.6 is 0 Å². The van der Waals surface area contributed by atoms with E-state index in [0.717, 1.165) is 55.9 Å². The first-order valence-corrected chi connectivity index (χ1v) is 12.7. The Morgan fingerprint density at radius 1 is 1.14 bits per heavy atom. The molecule has 0 saturated carbocycles. The fourth-order valence-corrected chi connectivity index (χ4v) is 3.59. The van der Waals surface area contributed by atoms with E-state index < -0.39 is 10.1 Å². The van der Waals surface area contributed by atoms with E-state index in [0.29, 0.717) is 23.8 Å². The van der Waals surface area contributed by atoms with Gasteiger partial charge in [0.05, 0.1) is 30.5 Å². The molecule has 0 radical (unpaired) electrons. The summed E-state index contributed by atoms with van der Waals surface area (Å²) in [5.41, 5.74) is 2.03. The molecule has 35 heavy (non-hydrogen) atoms. The van der Waals surface area contributed by atoms with E-state index >= 15 is 0 Å². The van der Waals surface area contributed by atoms with Crippen molar-refractivity contribution in [2.45, 2.75) is 12.8 Å². The van der Waals surface area contributed by atoms with Gasteiger partial charge in [-0.15, -0.1) is 0 Å². The SMILES string of the molecule is CS(=O)(=O)O.O.O=C(CCCN1CCOCC1)Nc1cccc(-c2n[nH]c(=O)c3ccccc23)c1. The quantitative estimate of drug-likeness (QED) is 0.420. The van der Waals surface area contributed by atoms with Crippen molar-refractivity contribution >= 4 is 32.5 Å². The summed E-state index contributed by atoms with van der Waals surface area (Å²) in [6, 6.07) is 14.9. The van der Waals surface area contributed by atoms with Gasteiger partial charge < -0.3 is 15.5 Å². The minimum atomic E-state index is -3.67. The average Bonchev–Trinajstić information content (AvgIpc) is 2.79. The Kier molecular flexibility index (Phi) is 10.5. The van der Waals surface area contributed by atoms with Crippen molar-refractivity contribution in [1.29, 1.82) is 0 Å². The highest BCUT2D eigenvalue weighted by molar-refractivity contribution is 7.85. The number of fused-ring (bicyclic) bond motifs is 1. The summed E-state index contributed by atoms with van der Waals surface area (Å²) in [5.74, 6) is -0.00491. The van der Waals surface area contributed by atoms with E-state index in [1.54, 1.807) is 6.07 Å². The normalized spacial score (nSPS) is 13.9. The molecule has 0 aliphatic carbocycles. The third kappa shape index (κ3) is 9.19. The van der Waals surface area contributed by atoms with Gasteiger partial charge in [0.25, 0.3) is 15.7 Å². The Morgan fingerprint density at radius 3 is 2.49 bits per heavy atom. The van der Waals surface area contributed by atoms with E-state index in [1.165, 1.54) is 0 Å². The summed E-state index contributed by atoms with van der Waals surface area (Å²) in [5, 5.41) is 11.1. The molecule has 0 unspecified atom stereocenters. The summed E-state index contributed by atoms with van der Waals surface area (Å²) in [7, 11) is -3.67. The third-order valence-electron chi connectivity index (χ3n) is 5.10. The summed E-state index contributed by atoms with van der Waals surface area (Å²) < 4.78 is 31.2. The van der Waals surface area contributed by atoms with Crippen molar-refractivity contribution in [3.8, 4) is 11.3 Å². The number of aromatic nitrogens is 2. The summed E-state index contributed by atoms with van der Waals surface area (Å²) in [6.07, 6.45) is 2.01. The molecule has 3 aromatic rings. The molecule has 5 N–H and O–H groups in total. The zero-order valence-electron chi connectivity index (χ0n) is 19.4. The van der Waals surface area contributed by atoms with E-state index in [2.05, 4.69) is 20.4 Å². The highest BCUT2D eigenvalue weighted by Gasteiger charge is 2.12. The van der Waals surface area contributed by atoms with Crippen LogP contribution in [0.2, 0.25) is 0 Å². The van der Waals surface area contributed by atoms with Gasteiger partial charge in [0, 0.05) is 36.1 Å². The van der Waals surface area contributed by atoms with Gasteiger partial charge >= 0.3 is 0 Å². The molecule has 2 heterocycles. The van der Waals surface area contributed by atoms with Crippen LogP contribution in [0.15, 0.2) is 53.3 Å². The van der Waals surface area contributed by atoms with Gasteiger partial charge in [-0.05, 0) is 31.2 Å². The average molecular weight is 507 g/mol. The number of morpholine rings is 1. The number of ether oxygens (including phenoxy) is 1. The summed E-state index contributed by atoms with van der Waals surface area (Å²) >= 11 is 0. The van der Waals surface area contributed by atoms with E-state index in [9.17, 15) is 18.0 Å². The van der Waals surface area contributed by atoms with Gasteiger partial charge in [0.15, 0.2) is 0 Å². The van der Waals surface area contributed by atoms with Gasteiger partial charge in [-0.2, -0.15) is 13.5 Å². The molecule has 1 aliphatic rings. The Balaban J connectivity index is 0.000000656. The number of hydrogen-bond acceptors (Lipinski definition) is 7. The number of aromatic amines is 1. The maximum Gasteiger partial charge on any atom is 0.272 e. The number of amides is 1. The molecule has 1 amide bonds. The molecule has 190 valence electrons. The van der Waals surface area contributed by atoms with Gasteiger partial charge in [-0.25, -0.2) is 5.10 Å². The smallest absolute Gasteiger partial charge is 0.272 e. The number of carbonyl (C=O) groups excluding carboxylic acids is 1. The minimum absolute atomic E-state index is 0. The predicted molar refractivity (Wildman–Crippen MR) is 134 cm³/mol. The van der Waals surface area contributed by atoms with Crippen LogP contribution in [0.5, 0.6) is 0 Å². The summed E-state index contributed by atoms with van der Waals surface area (Å²) in [4.78, 5) is 26.7. The van der Waals surface area contributed by atoms with Crippen molar-refractivity contribution in [2.24, 2.45) is 0 Å². The number of H-pyrrole nitrogens is 1. The zero-order chi connectivity index (χ0) is 24.6. The molecule has 0 spiro atoms. The second-order valence-corrected chi connectivity index (χ2v) is 9.33. The van der Waals surface area contributed by atoms with E-state index in [4.69, 9.17) is 9.29 Å². The number of nitrogens with one attached hydrogen (secondary N) is 2.